The molecule has 1 fully saturated rings. The van der Waals surface area contributed by atoms with Crippen LogP contribution in [-0.4, -0.2) is 15.8 Å². The fourth-order valence-electron chi connectivity index (χ4n) is 2.64. The Morgan fingerprint density at radius 3 is 2.39 bits per heavy atom. The molecule has 0 radical (unpaired) electrons. The van der Waals surface area contributed by atoms with Gasteiger partial charge < -0.3 is 5.73 Å². The van der Waals surface area contributed by atoms with E-state index in [1.165, 1.54) is 24.0 Å². The highest BCUT2D eigenvalue weighted by Crippen LogP contribution is 2.50. The number of nitrogens with zero attached hydrogens (tertiary/aromatic N) is 2. The molecule has 0 amide bonds. The van der Waals surface area contributed by atoms with Crippen LogP contribution in [-0.2, 0) is 5.41 Å². The quantitative estimate of drug-likeness (QED) is 0.897. The van der Waals surface area contributed by atoms with Gasteiger partial charge in [-0.3, -0.25) is 0 Å². The Hall–Kier alpha value is -1.61. The lowest BCUT2D eigenvalue weighted by Gasteiger charge is -2.20. The first-order chi connectivity index (χ1) is 8.62. The average Bonchev–Trinajstić information content (AvgIpc) is 3.07. The summed E-state index contributed by atoms with van der Waals surface area (Å²) >= 11 is 0. The van der Waals surface area contributed by atoms with Crippen LogP contribution in [0.5, 0.6) is 0 Å². The first-order valence-corrected chi connectivity index (χ1v) is 6.50. The van der Waals surface area contributed by atoms with Gasteiger partial charge in [-0.2, -0.15) is 5.10 Å². The van der Waals surface area contributed by atoms with Gasteiger partial charge in [-0.1, -0.05) is 12.1 Å². The van der Waals surface area contributed by atoms with Crippen molar-refractivity contribution in [3.63, 3.8) is 0 Å². The summed E-state index contributed by atoms with van der Waals surface area (Å²) in [5.41, 5.74) is 9.98. The second-order valence-corrected chi connectivity index (χ2v) is 5.45. The van der Waals surface area contributed by atoms with E-state index in [1.807, 2.05) is 24.0 Å². The Kier molecular flexibility index (Phi) is 2.52. The molecular weight excluding hydrogens is 222 g/mol. The number of hydrogen-bond donors (Lipinski definition) is 1. The van der Waals surface area contributed by atoms with Gasteiger partial charge in [0, 0.05) is 17.7 Å². The van der Waals surface area contributed by atoms with E-state index in [0.29, 0.717) is 0 Å². The van der Waals surface area contributed by atoms with Gasteiger partial charge in [0.05, 0.1) is 11.9 Å². The summed E-state index contributed by atoms with van der Waals surface area (Å²) in [6.45, 7) is 4.16. The Balaban J connectivity index is 1.90. The van der Waals surface area contributed by atoms with Crippen LogP contribution in [0.3, 0.4) is 0 Å². The predicted molar refractivity (Wildman–Crippen MR) is 72.9 cm³/mol. The van der Waals surface area contributed by atoms with E-state index in [-0.39, 0.29) is 11.5 Å². The van der Waals surface area contributed by atoms with Crippen LogP contribution in [0.15, 0.2) is 36.7 Å². The smallest absolute Gasteiger partial charge is 0.0645 e. The van der Waals surface area contributed by atoms with Crippen molar-refractivity contribution in [3.8, 4) is 5.69 Å². The van der Waals surface area contributed by atoms with E-state index in [2.05, 4.69) is 36.3 Å². The highest BCUT2D eigenvalue weighted by Gasteiger charge is 2.47. The molecule has 2 aromatic rings. The summed E-state index contributed by atoms with van der Waals surface area (Å²) in [6.07, 6.45) is 6.33. The maximum atomic E-state index is 6.10. The first kappa shape index (κ1) is 11.5. The van der Waals surface area contributed by atoms with Crippen LogP contribution < -0.4 is 5.73 Å². The van der Waals surface area contributed by atoms with Crippen LogP contribution in [0.25, 0.3) is 5.69 Å². The Labute approximate surface area is 108 Å². The fourth-order valence-corrected chi connectivity index (χ4v) is 2.64. The second kappa shape index (κ2) is 3.95. The molecule has 94 valence electrons. The highest BCUT2D eigenvalue weighted by atomic mass is 15.3. The predicted octanol–water partition coefficient (Wildman–Crippen LogP) is 2.56. The van der Waals surface area contributed by atoms with Crippen molar-refractivity contribution < 1.29 is 0 Å². The molecule has 1 aliphatic carbocycles. The zero-order valence-electron chi connectivity index (χ0n) is 10.9. The van der Waals surface area contributed by atoms with Crippen LogP contribution in [0, 0.1) is 6.92 Å². The summed E-state index contributed by atoms with van der Waals surface area (Å²) in [5.74, 6) is 0. The molecule has 18 heavy (non-hydrogen) atoms. The third-order valence-electron chi connectivity index (χ3n) is 4.08. The van der Waals surface area contributed by atoms with Crippen LogP contribution in [0.1, 0.15) is 30.9 Å². The van der Waals surface area contributed by atoms with E-state index in [9.17, 15) is 0 Å². The van der Waals surface area contributed by atoms with Gasteiger partial charge in [0.2, 0.25) is 0 Å². The summed E-state index contributed by atoms with van der Waals surface area (Å²) in [5, 5.41) is 4.32. The van der Waals surface area contributed by atoms with Crippen LogP contribution >= 0.6 is 0 Å². The van der Waals surface area contributed by atoms with Crippen molar-refractivity contribution in [3.05, 3.63) is 47.8 Å². The summed E-state index contributed by atoms with van der Waals surface area (Å²) in [4.78, 5) is 0. The molecule has 2 N–H and O–H groups in total. The number of aromatic nitrogens is 2. The molecule has 1 aromatic heterocycles. The molecule has 1 unspecified atom stereocenters. The van der Waals surface area contributed by atoms with Crippen molar-refractivity contribution in [2.24, 2.45) is 5.73 Å². The minimum atomic E-state index is 0.232. The standard InChI is InChI=1S/C15H19N3/c1-11-9-17-18(10-11)14-5-3-13(4-6-14)15(7-8-15)12(2)16/h3-6,9-10,12H,7-8,16H2,1-2H3. The third kappa shape index (κ3) is 1.75. The van der Waals surface area contributed by atoms with Crippen molar-refractivity contribution in [2.45, 2.75) is 38.1 Å². The Morgan fingerprint density at radius 2 is 1.94 bits per heavy atom. The first-order valence-electron chi connectivity index (χ1n) is 6.50. The van der Waals surface area contributed by atoms with Crippen molar-refractivity contribution in [2.75, 3.05) is 0 Å². The lowest BCUT2D eigenvalue weighted by Crippen LogP contribution is -2.31. The molecule has 3 nitrogen and oxygen atoms in total. The maximum absolute atomic E-state index is 6.10. The van der Waals surface area contributed by atoms with Crippen molar-refractivity contribution >= 4 is 0 Å². The van der Waals surface area contributed by atoms with E-state index in [0.717, 1.165) is 5.69 Å². The second-order valence-electron chi connectivity index (χ2n) is 5.45. The minimum absolute atomic E-state index is 0.232. The van der Waals surface area contributed by atoms with Gasteiger partial charge in [0.25, 0.3) is 0 Å². The zero-order valence-corrected chi connectivity index (χ0v) is 10.9. The molecule has 0 spiro atoms. The topological polar surface area (TPSA) is 43.8 Å². The lowest BCUT2D eigenvalue weighted by molar-refractivity contribution is 0.556. The molecular formula is C15H19N3. The van der Waals surface area contributed by atoms with E-state index in [1.54, 1.807) is 0 Å². The van der Waals surface area contributed by atoms with Gasteiger partial charge in [-0.25, -0.2) is 4.68 Å². The molecule has 0 bridgehead atoms. The van der Waals surface area contributed by atoms with E-state index >= 15 is 0 Å². The number of rotatable bonds is 3. The number of aryl methyl sites for hydroxylation is 1. The van der Waals surface area contributed by atoms with Gasteiger partial charge in [0.1, 0.15) is 0 Å². The molecule has 1 heterocycles. The monoisotopic (exact) mass is 241 g/mol. The van der Waals surface area contributed by atoms with Crippen molar-refractivity contribution in [1.82, 2.24) is 9.78 Å². The fraction of sp³-hybridized carbons (Fsp3) is 0.400. The molecule has 0 saturated heterocycles. The number of nitrogens with two attached hydrogens (primary N) is 1. The number of benzene rings is 1. The minimum Gasteiger partial charge on any atom is -0.327 e. The Bertz CT molecular complexity index is 547. The zero-order chi connectivity index (χ0) is 12.8. The van der Waals surface area contributed by atoms with Gasteiger partial charge >= 0.3 is 0 Å². The lowest BCUT2D eigenvalue weighted by atomic mass is 9.89. The number of hydrogen-bond acceptors (Lipinski definition) is 2. The summed E-state index contributed by atoms with van der Waals surface area (Å²) < 4.78 is 1.91. The van der Waals surface area contributed by atoms with E-state index in [4.69, 9.17) is 5.73 Å². The van der Waals surface area contributed by atoms with Crippen LogP contribution in [0.4, 0.5) is 0 Å². The summed E-state index contributed by atoms with van der Waals surface area (Å²) in [7, 11) is 0. The Morgan fingerprint density at radius 1 is 1.28 bits per heavy atom. The van der Waals surface area contributed by atoms with Crippen LogP contribution in [0.2, 0.25) is 0 Å². The molecule has 1 saturated carbocycles. The molecule has 1 aromatic carbocycles. The maximum Gasteiger partial charge on any atom is 0.0645 e. The molecule has 3 rings (SSSR count). The highest BCUT2D eigenvalue weighted by molar-refractivity contribution is 5.40. The van der Waals surface area contributed by atoms with Crippen molar-refractivity contribution in [1.29, 1.82) is 0 Å². The molecule has 3 heteroatoms. The average molecular weight is 241 g/mol. The normalized spacial score (nSPS) is 18.6. The summed E-state index contributed by atoms with van der Waals surface area (Å²) in [6, 6.07) is 8.88. The SMILES string of the molecule is Cc1cnn(-c2ccc(C3(C(C)N)CC3)cc2)c1. The molecule has 1 aliphatic rings. The molecule has 0 aliphatic heterocycles. The largest absolute Gasteiger partial charge is 0.327 e. The van der Waals surface area contributed by atoms with Gasteiger partial charge in [0.15, 0.2) is 0 Å². The third-order valence-corrected chi connectivity index (χ3v) is 4.08. The van der Waals surface area contributed by atoms with Gasteiger partial charge in [-0.15, -0.1) is 0 Å². The molecule has 1 atom stereocenters. The van der Waals surface area contributed by atoms with Gasteiger partial charge in [-0.05, 0) is 49.9 Å². The van der Waals surface area contributed by atoms with E-state index < -0.39 is 0 Å².